The van der Waals surface area contributed by atoms with Gasteiger partial charge in [-0.1, -0.05) is 36.3 Å². The average molecular weight is 222 g/mol. The monoisotopic (exact) mass is 222 g/mol. The molecule has 0 unspecified atom stereocenters. The smallest absolute Gasteiger partial charge is 0.344 e. The third-order valence-electron chi connectivity index (χ3n) is 2.26. The molecule has 0 aliphatic carbocycles. The van der Waals surface area contributed by atoms with Crippen molar-refractivity contribution in [3.63, 3.8) is 0 Å². The topological polar surface area (TPSA) is 26.3 Å². The van der Waals surface area contributed by atoms with E-state index in [1.165, 1.54) is 0 Å². The Labute approximate surface area is 99.9 Å². The van der Waals surface area contributed by atoms with Crippen LogP contribution in [0.2, 0.25) is 0 Å². The van der Waals surface area contributed by atoms with E-state index in [0.29, 0.717) is 16.9 Å². The standard InChI is InChI=1S/C15H10O2/c1-2-12-8-6-7-11-14(12)15(16)17-13-9-4-3-5-10-13/h1,3-11H. The quantitative estimate of drug-likeness (QED) is 0.443. The second-order valence-electron chi connectivity index (χ2n) is 3.39. The van der Waals surface area contributed by atoms with E-state index in [9.17, 15) is 4.79 Å². The second kappa shape index (κ2) is 5.00. The number of ether oxygens (including phenoxy) is 1. The molecule has 0 aliphatic rings. The Hall–Kier alpha value is -2.53. The predicted octanol–water partition coefficient (Wildman–Crippen LogP) is 2.89. The predicted molar refractivity (Wildman–Crippen MR) is 65.8 cm³/mol. The minimum Gasteiger partial charge on any atom is -0.423 e. The molecule has 0 aromatic heterocycles. The van der Waals surface area contributed by atoms with Gasteiger partial charge in [0, 0.05) is 5.56 Å². The first-order valence-electron chi connectivity index (χ1n) is 5.14. The third-order valence-corrected chi connectivity index (χ3v) is 2.26. The lowest BCUT2D eigenvalue weighted by molar-refractivity contribution is 0.0734. The molecule has 2 nitrogen and oxygen atoms in total. The molecule has 2 heteroatoms. The highest BCUT2D eigenvalue weighted by Gasteiger charge is 2.11. The zero-order valence-corrected chi connectivity index (χ0v) is 9.09. The van der Waals surface area contributed by atoms with E-state index in [1.54, 1.807) is 48.5 Å². The summed E-state index contributed by atoms with van der Waals surface area (Å²) in [6.45, 7) is 0. The van der Waals surface area contributed by atoms with E-state index in [0.717, 1.165) is 0 Å². The Bertz CT molecular complexity index is 565. The molecular formula is C15H10O2. The Kier molecular flexibility index (Phi) is 3.23. The SMILES string of the molecule is C#Cc1ccccc1C(=O)Oc1ccccc1. The lowest BCUT2D eigenvalue weighted by Crippen LogP contribution is -2.10. The van der Waals surface area contributed by atoms with Crippen molar-refractivity contribution in [2.45, 2.75) is 0 Å². The van der Waals surface area contributed by atoms with Crippen LogP contribution in [0.3, 0.4) is 0 Å². The van der Waals surface area contributed by atoms with Crippen LogP contribution in [0.4, 0.5) is 0 Å². The number of para-hydroxylation sites is 1. The molecule has 2 rings (SSSR count). The molecule has 0 spiro atoms. The molecule has 82 valence electrons. The second-order valence-corrected chi connectivity index (χ2v) is 3.39. The van der Waals surface area contributed by atoms with Crippen LogP contribution >= 0.6 is 0 Å². The van der Waals surface area contributed by atoms with Crippen LogP contribution in [0, 0.1) is 12.3 Å². The van der Waals surface area contributed by atoms with Gasteiger partial charge in [0.2, 0.25) is 0 Å². The number of hydrogen-bond acceptors (Lipinski definition) is 2. The molecule has 0 saturated heterocycles. The summed E-state index contributed by atoms with van der Waals surface area (Å²) >= 11 is 0. The Morgan fingerprint density at radius 1 is 1.00 bits per heavy atom. The number of hydrogen-bond donors (Lipinski definition) is 0. The van der Waals surface area contributed by atoms with Crippen molar-refractivity contribution in [2.24, 2.45) is 0 Å². The van der Waals surface area contributed by atoms with E-state index in [4.69, 9.17) is 11.2 Å². The lowest BCUT2D eigenvalue weighted by atomic mass is 10.1. The number of carbonyl (C=O) groups is 1. The van der Waals surface area contributed by atoms with E-state index in [-0.39, 0.29) is 0 Å². The Morgan fingerprint density at radius 2 is 1.65 bits per heavy atom. The van der Waals surface area contributed by atoms with Crippen molar-refractivity contribution >= 4 is 5.97 Å². The molecule has 17 heavy (non-hydrogen) atoms. The zero-order chi connectivity index (χ0) is 12.1. The lowest BCUT2D eigenvalue weighted by Gasteiger charge is -2.05. The number of terminal acetylenes is 1. The van der Waals surface area contributed by atoms with Crippen LogP contribution in [-0.2, 0) is 0 Å². The largest absolute Gasteiger partial charge is 0.423 e. The van der Waals surface area contributed by atoms with Crippen LogP contribution in [0.25, 0.3) is 0 Å². The molecule has 0 radical (unpaired) electrons. The van der Waals surface area contributed by atoms with Gasteiger partial charge in [-0.25, -0.2) is 4.79 Å². The third kappa shape index (κ3) is 2.53. The van der Waals surface area contributed by atoms with Crippen LogP contribution in [-0.4, -0.2) is 5.97 Å². The highest BCUT2D eigenvalue weighted by atomic mass is 16.5. The fourth-order valence-corrected chi connectivity index (χ4v) is 1.44. The summed E-state index contributed by atoms with van der Waals surface area (Å²) in [5.41, 5.74) is 0.937. The van der Waals surface area contributed by atoms with E-state index < -0.39 is 5.97 Å². The van der Waals surface area contributed by atoms with Crippen molar-refractivity contribution in [3.8, 4) is 18.1 Å². The first kappa shape index (κ1) is 11.0. The summed E-state index contributed by atoms with van der Waals surface area (Å²) in [5, 5.41) is 0. The average Bonchev–Trinajstić information content (AvgIpc) is 2.40. The van der Waals surface area contributed by atoms with Crippen LogP contribution in [0.5, 0.6) is 5.75 Å². The van der Waals surface area contributed by atoms with Gasteiger partial charge in [-0.3, -0.25) is 0 Å². The number of benzene rings is 2. The van der Waals surface area contributed by atoms with Gasteiger partial charge in [-0.2, -0.15) is 0 Å². The van der Waals surface area contributed by atoms with Crippen molar-refractivity contribution < 1.29 is 9.53 Å². The molecule has 0 fully saturated rings. The first-order valence-corrected chi connectivity index (χ1v) is 5.14. The van der Waals surface area contributed by atoms with Crippen LogP contribution < -0.4 is 4.74 Å². The van der Waals surface area contributed by atoms with Crippen molar-refractivity contribution in [1.82, 2.24) is 0 Å². The maximum atomic E-state index is 11.9. The highest BCUT2D eigenvalue weighted by Crippen LogP contribution is 2.14. The fraction of sp³-hybridized carbons (Fsp3) is 0. The summed E-state index contributed by atoms with van der Waals surface area (Å²) in [4.78, 5) is 11.9. The van der Waals surface area contributed by atoms with Gasteiger partial charge in [0.1, 0.15) is 5.75 Å². The zero-order valence-electron chi connectivity index (χ0n) is 9.09. The molecule has 2 aromatic carbocycles. The van der Waals surface area contributed by atoms with Gasteiger partial charge >= 0.3 is 5.97 Å². The first-order chi connectivity index (χ1) is 8.31. The summed E-state index contributed by atoms with van der Waals surface area (Å²) in [7, 11) is 0. The number of rotatable bonds is 2. The van der Waals surface area contributed by atoms with Gasteiger partial charge in [-0.05, 0) is 24.3 Å². The molecule has 0 aliphatic heterocycles. The minimum absolute atomic E-state index is 0.402. The van der Waals surface area contributed by atoms with Crippen LogP contribution in [0.1, 0.15) is 15.9 Å². The molecule has 0 atom stereocenters. The van der Waals surface area contributed by atoms with Crippen molar-refractivity contribution in [1.29, 1.82) is 0 Å². The number of carbonyl (C=O) groups excluding carboxylic acids is 1. The van der Waals surface area contributed by atoms with Gasteiger partial charge in [-0.15, -0.1) is 6.42 Å². The summed E-state index contributed by atoms with van der Waals surface area (Å²) < 4.78 is 5.21. The van der Waals surface area contributed by atoms with Gasteiger partial charge in [0.25, 0.3) is 0 Å². The van der Waals surface area contributed by atoms with E-state index >= 15 is 0 Å². The summed E-state index contributed by atoms with van der Waals surface area (Å²) in [6, 6.07) is 15.8. The Balaban J connectivity index is 2.24. The maximum Gasteiger partial charge on any atom is 0.344 e. The van der Waals surface area contributed by atoms with Crippen molar-refractivity contribution in [2.75, 3.05) is 0 Å². The number of esters is 1. The molecular weight excluding hydrogens is 212 g/mol. The van der Waals surface area contributed by atoms with Crippen molar-refractivity contribution in [3.05, 3.63) is 65.7 Å². The van der Waals surface area contributed by atoms with E-state index in [1.807, 2.05) is 6.07 Å². The molecule has 0 bridgehead atoms. The molecule has 0 heterocycles. The van der Waals surface area contributed by atoms with Crippen LogP contribution in [0.15, 0.2) is 54.6 Å². The molecule has 0 saturated carbocycles. The summed E-state index contributed by atoms with van der Waals surface area (Å²) in [6.07, 6.45) is 5.32. The van der Waals surface area contributed by atoms with Gasteiger partial charge in [0.05, 0.1) is 5.56 Å². The van der Waals surface area contributed by atoms with E-state index in [2.05, 4.69) is 5.92 Å². The molecule has 0 N–H and O–H groups in total. The van der Waals surface area contributed by atoms with Gasteiger partial charge < -0.3 is 4.74 Å². The molecule has 0 amide bonds. The summed E-state index contributed by atoms with van der Waals surface area (Å²) in [5.74, 6) is 2.53. The highest BCUT2D eigenvalue weighted by molar-refractivity contribution is 5.93. The fourth-order valence-electron chi connectivity index (χ4n) is 1.44. The Morgan fingerprint density at radius 3 is 2.35 bits per heavy atom. The molecule has 2 aromatic rings. The normalized spacial score (nSPS) is 9.35. The van der Waals surface area contributed by atoms with Gasteiger partial charge in [0.15, 0.2) is 0 Å². The maximum absolute atomic E-state index is 11.9. The minimum atomic E-state index is -0.440.